The van der Waals surface area contributed by atoms with Gasteiger partial charge in [0.1, 0.15) is 5.65 Å². The van der Waals surface area contributed by atoms with E-state index in [9.17, 15) is 4.79 Å². The van der Waals surface area contributed by atoms with Gasteiger partial charge < -0.3 is 14.2 Å². The summed E-state index contributed by atoms with van der Waals surface area (Å²) in [6, 6.07) is 6.35. The molecule has 1 fully saturated rings. The average Bonchev–Trinajstić information content (AvgIpc) is 3.24. The molecule has 6 rings (SSSR count). The number of carbonyl (C=O) groups excluding carboxylic acids is 1. The normalized spacial score (nSPS) is 13.8. The summed E-state index contributed by atoms with van der Waals surface area (Å²) in [5, 5.41) is 12.7. The number of benzene rings is 1. The van der Waals surface area contributed by atoms with Crippen molar-refractivity contribution in [2.75, 3.05) is 0 Å². The first-order valence-electron chi connectivity index (χ1n) is 12.5. The van der Waals surface area contributed by atoms with Crippen LogP contribution in [0, 0.1) is 13.8 Å². The van der Waals surface area contributed by atoms with Gasteiger partial charge in [0.15, 0.2) is 5.58 Å². The van der Waals surface area contributed by atoms with Gasteiger partial charge in [0.05, 0.1) is 29.7 Å². The fourth-order valence-electron chi connectivity index (χ4n) is 4.94. The molecule has 0 radical (unpaired) electrons. The number of rotatable bonds is 7. The second-order valence-corrected chi connectivity index (χ2v) is 10.2. The number of aryl methyl sites for hydroxylation is 2. The Balaban J connectivity index is 1.14. The molecule has 4 heterocycles. The highest BCUT2D eigenvalue weighted by molar-refractivity contribution is 5.93. The zero-order valence-electron chi connectivity index (χ0n) is 21.1. The van der Waals surface area contributed by atoms with E-state index in [1.165, 1.54) is 18.4 Å². The lowest BCUT2D eigenvalue weighted by Crippen LogP contribution is -2.23. The molecule has 1 aromatic carbocycles. The van der Waals surface area contributed by atoms with Gasteiger partial charge in [-0.1, -0.05) is 25.1 Å². The number of nitrogens with one attached hydrogen (secondary N) is 1. The van der Waals surface area contributed by atoms with Crippen molar-refractivity contribution < 1.29 is 9.32 Å². The Kier molecular flexibility index (Phi) is 5.39. The maximum atomic E-state index is 12.9. The molecule has 4 aromatic heterocycles. The molecule has 0 bridgehead atoms. The van der Waals surface area contributed by atoms with Crippen LogP contribution < -0.4 is 5.32 Å². The smallest absolute Gasteiger partial charge is 0.254 e. The Labute approximate surface area is 209 Å². The highest BCUT2D eigenvalue weighted by Gasteiger charge is 2.24. The number of fused-ring (bicyclic) bond motifs is 2. The lowest BCUT2D eigenvalue weighted by Gasteiger charge is -2.11. The summed E-state index contributed by atoms with van der Waals surface area (Å²) in [6.07, 6.45) is 10.1. The van der Waals surface area contributed by atoms with E-state index in [1.54, 1.807) is 17.1 Å². The standard InChI is InChI=1S/C28H30N6O2/c1-16(2)26-23-9-17(3)24(18(4)27(23)36-32-26)11-29-28(35)21-10-30-34(13-21)15-22-14-33-12-20(19-5-6-19)7-8-25(33)31-22/h7-10,12-14,16,19H,5-6,11,15H2,1-4H3,(H,29,35). The second kappa shape index (κ2) is 8.62. The van der Waals surface area contributed by atoms with Gasteiger partial charge in [-0.05, 0) is 67.3 Å². The summed E-state index contributed by atoms with van der Waals surface area (Å²) in [7, 11) is 0. The third kappa shape index (κ3) is 4.06. The number of nitrogens with zero attached hydrogens (tertiary/aromatic N) is 5. The van der Waals surface area contributed by atoms with Crippen LogP contribution in [0.25, 0.3) is 16.6 Å². The first kappa shape index (κ1) is 22.5. The zero-order chi connectivity index (χ0) is 25.0. The Morgan fingerprint density at radius 2 is 2.03 bits per heavy atom. The van der Waals surface area contributed by atoms with Crippen molar-refractivity contribution in [3.8, 4) is 0 Å². The molecular weight excluding hydrogens is 452 g/mol. The maximum Gasteiger partial charge on any atom is 0.254 e. The van der Waals surface area contributed by atoms with Crippen molar-refractivity contribution in [3.63, 3.8) is 0 Å². The topological polar surface area (TPSA) is 90.3 Å². The van der Waals surface area contributed by atoms with Crippen LogP contribution in [0.2, 0.25) is 0 Å². The van der Waals surface area contributed by atoms with E-state index in [2.05, 4.69) is 65.1 Å². The van der Waals surface area contributed by atoms with Gasteiger partial charge in [-0.3, -0.25) is 9.48 Å². The van der Waals surface area contributed by atoms with Crippen LogP contribution in [0.15, 0.2) is 47.5 Å². The van der Waals surface area contributed by atoms with Gasteiger partial charge in [-0.25, -0.2) is 4.98 Å². The van der Waals surface area contributed by atoms with Crippen LogP contribution >= 0.6 is 0 Å². The lowest BCUT2D eigenvalue weighted by molar-refractivity contribution is 0.0950. The van der Waals surface area contributed by atoms with Crippen molar-refractivity contribution in [2.45, 2.75) is 65.5 Å². The van der Waals surface area contributed by atoms with Crippen LogP contribution in [-0.4, -0.2) is 30.2 Å². The monoisotopic (exact) mass is 482 g/mol. The Bertz CT molecular complexity index is 1600. The van der Waals surface area contributed by atoms with Crippen molar-refractivity contribution in [1.29, 1.82) is 0 Å². The number of pyridine rings is 1. The van der Waals surface area contributed by atoms with Crippen LogP contribution in [-0.2, 0) is 13.1 Å². The van der Waals surface area contributed by atoms with E-state index < -0.39 is 0 Å². The number of imidazole rings is 1. The van der Waals surface area contributed by atoms with Gasteiger partial charge in [-0.15, -0.1) is 0 Å². The Morgan fingerprint density at radius 3 is 2.81 bits per heavy atom. The largest absolute Gasteiger partial charge is 0.356 e. The number of hydrogen-bond donors (Lipinski definition) is 1. The van der Waals surface area contributed by atoms with Crippen LogP contribution in [0.1, 0.15) is 82.5 Å². The van der Waals surface area contributed by atoms with Gasteiger partial charge in [0.25, 0.3) is 5.91 Å². The van der Waals surface area contributed by atoms with Crippen molar-refractivity contribution in [2.24, 2.45) is 0 Å². The summed E-state index contributed by atoms with van der Waals surface area (Å²) >= 11 is 0. The van der Waals surface area contributed by atoms with Crippen LogP contribution in [0.3, 0.4) is 0 Å². The highest BCUT2D eigenvalue weighted by atomic mass is 16.5. The maximum absolute atomic E-state index is 12.9. The summed E-state index contributed by atoms with van der Waals surface area (Å²) in [5.41, 5.74) is 8.65. The molecule has 0 spiro atoms. The summed E-state index contributed by atoms with van der Waals surface area (Å²) < 4.78 is 9.48. The first-order chi connectivity index (χ1) is 17.4. The van der Waals surface area contributed by atoms with E-state index in [0.717, 1.165) is 44.7 Å². The summed E-state index contributed by atoms with van der Waals surface area (Å²) in [6.45, 7) is 9.21. The summed E-state index contributed by atoms with van der Waals surface area (Å²) in [4.78, 5) is 17.6. The third-order valence-electron chi connectivity index (χ3n) is 7.15. The van der Waals surface area contributed by atoms with Crippen molar-refractivity contribution >= 4 is 22.5 Å². The van der Waals surface area contributed by atoms with Gasteiger partial charge in [0, 0.05) is 36.1 Å². The molecule has 5 aromatic rings. The molecule has 8 nitrogen and oxygen atoms in total. The molecule has 0 saturated heterocycles. The number of carbonyl (C=O) groups is 1. The molecule has 0 aliphatic heterocycles. The van der Waals surface area contributed by atoms with E-state index in [0.29, 0.717) is 24.6 Å². The van der Waals surface area contributed by atoms with E-state index in [-0.39, 0.29) is 11.8 Å². The minimum absolute atomic E-state index is 0.162. The Morgan fingerprint density at radius 1 is 1.19 bits per heavy atom. The molecule has 1 aliphatic carbocycles. The third-order valence-corrected chi connectivity index (χ3v) is 7.15. The minimum atomic E-state index is -0.162. The molecule has 8 heteroatoms. The first-order valence-corrected chi connectivity index (χ1v) is 12.5. The van der Waals surface area contributed by atoms with E-state index in [4.69, 9.17) is 9.51 Å². The number of hydrogen-bond acceptors (Lipinski definition) is 5. The zero-order valence-corrected chi connectivity index (χ0v) is 21.1. The molecule has 1 saturated carbocycles. The van der Waals surface area contributed by atoms with Gasteiger partial charge >= 0.3 is 0 Å². The second-order valence-electron chi connectivity index (χ2n) is 10.2. The summed E-state index contributed by atoms with van der Waals surface area (Å²) in [5.74, 6) is 0.827. The fraction of sp³-hybridized carbons (Fsp3) is 0.357. The quantitative estimate of drug-likeness (QED) is 0.341. The molecule has 1 aliphatic rings. The Hall–Kier alpha value is -3.94. The lowest BCUT2D eigenvalue weighted by atomic mass is 9.96. The predicted molar refractivity (Wildman–Crippen MR) is 137 cm³/mol. The molecule has 0 atom stereocenters. The van der Waals surface area contributed by atoms with Crippen molar-refractivity contribution in [3.05, 3.63) is 82.2 Å². The van der Waals surface area contributed by atoms with Crippen molar-refractivity contribution in [1.82, 2.24) is 29.6 Å². The van der Waals surface area contributed by atoms with Crippen LogP contribution in [0.5, 0.6) is 0 Å². The van der Waals surface area contributed by atoms with Gasteiger partial charge in [0.2, 0.25) is 0 Å². The van der Waals surface area contributed by atoms with Gasteiger partial charge in [-0.2, -0.15) is 5.10 Å². The fourth-order valence-corrected chi connectivity index (χ4v) is 4.94. The average molecular weight is 483 g/mol. The SMILES string of the molecule is Cc1cc2c(C(C)C)noc2c(C)c1CNC(=O)c1cnn(Cc2cn3cc(C4CC4)ccc3n2)c1. The molecule has 36 heavy (non-hydrogen) atoms. The van der Waals surface area contributed by atoms with Crippen LogP contribution in [0.4, 0.5) is 0 Å². The van der Waals surface area contributed by atoms with E-state index >= 15 is 0 Å². The molecule has 1 amide bonds. The highest BCUT2D eigenvalue weighted by Crippen LogP contribution is 2.39. The predicted octanol–water partition coefficient (Wildman–Crippen LogP) is 5.27. The molecule has 0 unspecified atom stereocenters. The molecule has 184 valence electrons. The number of aromatic nitrogens is 5. The number of amides is 1. The molecule has 1 N–H and O–H groups in total. The van der Waals surface area contributed by atoms with E-state index in [1.807, 2.05) is 13.1 Å². The molecular formula is C28H30N6O2. The minimum Gasteiger partial charge on any atom is -0.356 e.